The fourth-order valence-corrected chi connectivity index (χ4v) is 1.23. The van der Waals surface area contributed by atoms with Crippen LogP contribution < -0.4 is 0 Å². The number of rotatable bonds is 14. The summed E-state index contributed by atoms with van der Waals surface area (Å²) in [6, 6.07) is 0. The molecule has 0 bridgehead atoms. The largest absolute Gasteiger partial charge is 0.460 e. The van der Waals surface area contributed by atoms with E-state index in [1.54, 1.807) is 0 Å². The number of hydrogen-bond acceptors (Lipinski definition) is 5. The van der Waals surface area contributed by atoms with Crippen molar-refractivity contribution in [2.45, 2.75) is 60.8 Å². The lowest BCUT2D eigenvalue weighted by Gasteiger charge is -2.02. The van der Waals surface area contributed by atoms with Crippen molar-refractivity contribution in [3.63, 3.8) is 0 Å². The average molecular weight is 361 g/mol. The maximum Gasteiger partial charge on any atom is 0.330 e. The van der Waals surface area contributed by atoms with Crippen molar-refractivity contribution in [1.82, 2.24) is 0 Å². The highest BCUT2D eigenvalue weighted by atomic mass is 16.6. The number of esters is 1. The van der Waals surface area contributed by atoms with Crippen LogP contribution in [0.2, 0.25) is 0 Å². The topological polar surface area (TPSA) is 61.8 Å². The van der Waals surface area contributed by atoms with Crippen LogP contribution in [0.4, 0.5) is 0 Å². The summed E-state index contributed by atoms with van der Waals surface area (Å²) in [5, 5.41) is 0. The third kappa shape index (κ3) is 30.9. The Balaban J connectivity index is -0.000000164. The van der Waals surface area contributed by atoms with Crippen LogP contribution in [0.3, 0.4) is 0 Å². The first-order chi connectivity index (χ1) is 11.1. The Morgan fingerprint density at radius 3 is 1.76 bits per heavy atom. The predicted molar refractivity (Wildman–Crippen MR) is 106 cm³/mol. The number of hydrogen-bond donors (Lipinski definition) is 0. The van der Waals surface area contributed by atoms with Gasteiger partial charge in [0.25, 0.3) is 0 Å². The number of carbonyl (C=O) groups is 2. The summed E-state index contributed by atoms with van der Waals surface area (Å²) in [5.41, 5.74) is 0. The minimum atomic E-state index is -0.394. The zero-order chi connectivity index (χ0) is 17.8. The third-order valence-electron chi connectivity index (χ3n) is 2.64. The van der Waals surface area contributed by atoms with E-state index in [1.165, 1.54) is 6.08 Å². The summed E-state index contributed by atoms with van der Waals surface area (Å²) in [6.45, 7) is 13.7. The molecule has 0 radical (unpaired) electrons. The number of allylic oxidation sites excluding steroid dienone is 1. The molecule has 5 nitrogen and oxygen atoms in total. The quantitative estimate of drug-likeness (QED) is 0.254. The molecule has 0 aromatic heterocycles. The Morgan fingerprint density at radius 2 is 1.32 bits per heavy atom. The molecule has 0 unspecified atom stereocenters. The van der Waals surface area contributed by atoms with Gasteiger partial charge in [-0.1, -0.05) is 54.7 Å². The van der Waals surface area contributed by atoms with Crippen LogP contribution in [-0.2, 0) is 23.8 Å². The zero-order valence-electron chi connectivity index (χ0n) is 14.7. The summed E-state index contributed by atoms with van der Waals surface area (Å²) in [5.74, 6) is -0.337. The van der Waals surface area contributed by atoms with Gasteiger partial charge in [0.15, 0.2) is 5.78 Å². The molecule has 0 amide bonds. The van der Waals surface area contributed by atoms with E-state index in [1.807, 2.05) is 0 Å². The van der Waals surface area contributed by atoms with Crippen LogP contribution in [0.25, 0.3) is 0 Å². The van der Waals surface area contributed by atoms with Crippen LogP contribution in [0.5, 0.6) is 0 Å². The minimum Gasteiger partial charge on any atom is -0.460 e. The molecule has 5 heteroatoms. The van der Waals surface area contributed by atoms with Crippen LogP contribution >= 0.6 is 0 Å². The van der Waals surface area contributed by atoms with E-state index >= 15 is 0 Å². The van der Waals surface area contributed by atoms with Gasteiger partial charge in [0.2, 0.25) is 0 Å². The van der Waals surface area contributed by atoms with E-state index in [9.17, 15) is 9.59 Å². The number of ether oxygens (including phenoxy) is 3. The zero-order valence-corrected chi connectivity index (χ0v) is 14.7. The molecule has 150 valence electrons. The highest BCUT2D eigenvalue weighted by molar-refractivity contribution is 5.89. The van der Waals surface area contributed by atoms with Gasteiger partial charge in [0, 0.05) is 25.7 Å². The van der Waals surface area contributed by atoms with Crippen molar-refractivity contribution < 1.29 is 23.8 Å². The smallest absolute Gasteiger partial charge is 0.330 e. The molecule has 0 aliphatic heterocycles. The summed E-state index contributed by atoms with van der Waals surface area (Å²) in [6.07, 6.45) is 7.32. The highest BCUT2D eigenvalue weighted by Gasteiger charge is 1.94. The van der Waals surface area contributed by atoms with Crippen LogP contribution in [0, 0.1) is 0 Å². The fourth-order valence-electron chi connectivity index (χ4n) is 1.23. The summed E-state index contributed by atoms with van der Waals surface area (Å²) in [4.78, 5) is 21.2. The monoisotopic (exact) mass is 360 g/mol. The second kappa shape index (κ2) is 27.4. The van der Waals surface area contributed by atoms with E-state index in [2.05, 4.69) is 31.7 Å². The van der Waals surface area contributed by atoms with E-state index in [4.69, 9.17) is 9.47 Å². The Labute approximate surface area is 155 Å². The molecule has 0 heterocycles. The molecule has 0 fully saturated rings. The SMILES string of the molecule is C.C.C=CC(=O)CCOCCCC.C=CC(=O)OCCOCCCC. The average Bonchev–Trinajstić information content (AvgIpc) is 2.57. The van der Waals surface area contributed by atoms with Gasteiger partial charge in [0.1, 0.15) is 6.61 Å². The van der Waals surface area contributed by atoms with E-state index < -0.39 is 5.97 Å². The summed E-state index contributed by atoms with van der Waals surface area (Å²) in [7, 11) is 0. The Kier molecular flexibility index (Phi) is 34.3. The molecule has 0 aliphatic carbocycles. The normalized spacial score (nSPS) is 8.72. The lowest BCUT2D eigenvalue weighted by Crippen LogP contribution is -2.08. The number of ketones is 1. The molecular weight excluding hydrogens is 320 g/mol. The molecule has 0 aliphatic rings. The third-order valence-corrected chi connectivity index (χ3v) is 2.64. The van der Waals surface area contributed by atoms with Gasteiger partial charge in [-0.05, 0) is 18.9 Å². The van der Waals surface area contributed by atoms with Crippen molar-refractivity contribution in [3.8, 4) is 0 Å². The minimum absolute atomic E-state index is 0. The Bertz CT molecular complexity index is 313. The Hall–Kier alpha value is -1.46. The lowest BCUT2D eigenvalue weighted by atomic mass is 10.3. The number of unbranched alkanes of at least 4 members (excludes halogenated alkanes) is 2. The molecule has 0 rings (SSSR count). The highest BCUT2D eigenvalue weighted by Crippen LogP contribution is 1.91. The molecule has 0 saturated carbocycles. The molecule has 0 aromatic rings. The Morgan fingerprint density at radius 1 is 0.800 bits per heavy atom. The van der Waals surface area contributed by atoms with Crippen LogP contribution in [0.15, 0.2) is 25.3 Å². The summed E-state index contributed by atoms with van der Waals surface area (Å²) < 4.78 is 15.0. The van der Waals surface area contributed by atoms with Crippen LogP contribution in [0.1, 0.15) is 60.8 Å². The van der Waals surface area contributed by atoms with Gasteiger partial charge < -0.3 is 14.2 Å². The molecule has 25 heavy (non-hydrogen) atoms. The van der Waals surface area contributed by atoms with Gasteiger partial charge in [-0.15, -0.1) is 0 Å². The van der Waals surface area contributed by atoms with Gasteiger partial charge in [-0.2, -0.15) is 0 Å². The predicted octanol–water partition coefficient (Wildman–Crippen LogP) is 4.75. The van der Waals surface area contributed by atoms with Gasteiger partial charge in [-0.3, -0.25) is 4.79 Å². The van der Waals surface area contributed by atoms with Crippen molar-refractivity contribution in [1.29, 1.82) is 0 Å². The summed E-state index contributed by atoms with van der Waals surface area (Å²) >= 11 is 0. The van der Waals surface area contributed by atoms with Gasteiger partial charge in [-0.25, -0.2) is 4.79 Å². The second-order valence-corrected chi connectivity index (χ2v) is 4.72. The molecule has 0 spiro atoms. The van der Waals surface area contributed by atoms with E-state index in [0.29, 0.717) is 26.2 Å². The molecule has 0 aromatic carbocycles. The fraction of sp³-hybridized carbons (Fsp3) is 0.700. The second-order valence-electron chi connectivity index (χ2n) is 4.72. The van der Waals surface area contributed by atoms with Crippen molar-refractivity contribution in [3.05, 3.63) is 25.3 Å². The van der Waals surface area contributed by atoms with Gasteiger partial charge >= 0.3 is 5.97 Å². The van der Waals surface area contributed by atoms with Crippen LogP contribution in [-0.4, -0.2) is 44.8 Å². The lowest BCUT2D eigenvalue weighted by molar-refractivity contribution is -0.139. The maximum absolute atomic E-state index is 10.6. The number of carbonyl (C=O) groups excluding carboxylic acids is 2. The first kappa shape index (κ1) is 31.3. The first-order valence-corrected chi connectivity index (χ1v) is 8.22. The molecule has 0 saturated heterocycles. The van der Waals surface area contributed by atoms with Crippen molar-refractivity contribution >= 4 is 11.8 Å². The first-order valence-electron chi connectivity index (χ1n) is 8.22. The van der Waals surface area contributed by atoms with E-state index in [-0.39, 0.29) is 20.6 Å². The standard InChI is InChI=1S/C9H16O3.C9H16O2.2CH4/c1-3-5-6-11-7-8-12-9(10)4-2;1-3-5-7-11-8-6-9(10)4-2;;/h4H,2-3,5-8H2,1H3;4H,2-3,5-8H2,1H3;2*1H4. The van der Waals surface area contributed by atoms with Crippen molar-refractivity contribution in [2.24, 2.45) is 0 Å². The van der Waals surface area contributed by atoms with Crippen molar-refractivity contribution in [2.75, 3.05) is 33.0 Å². The molecule has 0 atom stereocenters. The molecular formula is C20H40O5. The van der Waals surface area contributed by atoms with E-state index in [0.717, 1.165) is 45.0 Å². The maximum atomic E-state index is 10.6. The molecule has 0 N–H and O–H groups in total. The van der Waals surface area contributed by atoms with Gasteiger partial charge in [0.05, 0.1) is 13.2 Å².